The SMILES string of the molecule is Cn1cc(CCNCC2CCN(c3ncc(C(=O)Nc4ccccc4N)cn3)CC2)c2cc(Cl)ccc21. The van der Waals surface area contributed by atoms with Gasteiger partial charge in [0, 0.05) is 54.7 Å². The Kier molecular flexibility index (Phi) is 7.58. The van der Waals surface area contributed by atoms with Crippen molar-refractivity contribution in [3.05, 3.63) is 77.2 Å². The van der Waals surface area contributed by atoms with Crippen molar-refractivity contribution in [1.82, 2.24) is 19.9 Å². The van der Waals surface area contributed by atoms with Gasteiger partial charge in [0.15, 0.2) is 0 Å². The molecule has 2 aromatic carbocycles. The summed E-state index contributed by atoms with van der Waals surface area (Å²) in [5.74, 6) is 1.01. The molecule has 5 rings (SSSR count). The van der Waals surface area contributed by atoms with Gasteiger partial charge in [-0.1, -0.05) is 23.7 Å². The second-order valence-electron chi connectivity index (χ2n) is 9.62. The summed E-state index contributed by atoms with van der Waals surface area (Å²) >= 11 is 6.22. The number of nitrogens with zero attached hydrogens (tertiary/aromatic N) is 4. The largest absolute Gasteiger partial charge is 0.397 e. The molecule has 1 aliphatic heterocycles. The zero-order valence-electron chi connectivity index (χ0n) is 21.0. The van der Waals surface area contributed by atoms with E-state index in [-0.39, 0.29) is 5.91 Å². The average molecular weight is 518 g/mol. The molecule has 4 aromatic rings. The minimum absolute atomic E-state index is 0.277. The lowest BCUT2D eigenvalue weighted by Crippen LogP contribution is -2.38. The van der Waals surface area contributed by atoms with Crippen molar-refractivity contribution in [3.8, 4) is 0 Å². The molecule has 9 heteroatoms. The second-order valence-corrected chi connectivity index (χ2v) is 10.1. The molecule has 0 saturated carbocycles. The zero-order chi connectivity index (χ0) is 25.8. The molecule has 1 saturated heterocycles. The summed E-state index contributed by atoms with van der Waals surface area (Å²) in [6.45, 7) is 3.75. The fourth-order valence-corrected chi connectivity index (χ4v) is 5.09. The number of amides is 1. The first-order valence-corrected chi connectivity index (χ1v) is 13.0. The highest BCUT2D eigenvalue weighted by Crippen LogP contribution is 2.25. The highest BCUT2D eigenvalue weighted by Gasteiger charge is 2.21. The normalized spacial score (nSPS) is 14.3. The van der Waals surface area contributed by atoms with Crippen LogP contribution in [-0.2, 0) is 13.5 Å². The van der Waals surface area contributed by atoms with Crippen LogP contribution in [0.3, 0.4) is 0 Å². The van der Waals surface area contributed by atoms with Crippen molar-refractivity contribution in [1.29, 1.82) is 0 Å². The Morgan fingerprint density at radius 1 is 1.14 bits per heavy atom. The van der Waals surface area contributed by atoms with Crippen LogP contribution in [0.15, 0.2) is 61.1 Å². The van der Waals surface area contributed by atoms with Gasteiger partial charge in [0.25, 0.3) is 5.91 Å². The number of benzene rings is 2. The molecule has 4 N–H and O–H groups in total. The van der Waals surface area contributed by atoms with Crippen LogP contribution in [0.1, 0.15) is 28.8 Å². The molecule has 8 nitrogen and oxygen atoms in total. The molecular weight excluding hydrogens is 486 g/mol. The van der Waals surface area contributed by atoms with E-state index in [1.165, 1.54) is 16.5 Å². The molecule has 0 unspecified atom stereocenters. The van der Waals surface area contributed by atoms with E-state index < -0.39 is 0 Å². The lowest BCUT2D eigenvalue weighted by atomic mass is 9.97. The van der Waals surface area contributed by atoms with Gasteiger partial charge < -0.3 is 25.8 Å². The summed E-state index contributed by atoms with van der Waals surface area (Å²) in [7, 11) is 2.08. The average Bonchev–Trinajstić information content (AvgIpc) is 3.22. The first-order valence-electron chi connectivity index (χ1n) is 12.6. The maximum Gasteiger partial charge on any atom is 0.258 e. The molecule has 0 radical (unpaired) electrons. The first kappa shape index (κ1) is 25.0. The van der Waals surface area contributed by atoms with Crippen LogP contribution in [0.25, 0.3) is 10.9 Å². The third-order valence-electron chi connectivity index (χ3n) is 7.04. The third-order valence-corrected chi connectivity index (χ3v) is 7.28. The number of hydrogen-bond acceptors (Lipinski definition) is 6. The van der Waals surface area contributed by atoms with Gasteiger partial charge in [-0.3, -0.25) is 4.79 Å². The van der Waals surface area contributed by atoms with Crippen molar-refractivity contribution in [2.24, 2.45) is 13.0 Å². The lowest BCUT2D eigenvalue weighted by molar-refractivity contribution is 0.102. The van der Waals surface area contributed by atoms with Gasteiger partial charge in [-0.05, 0) is 74.2 Å². The molecule has 1 fully saturated rings. The smallest absolute Gasteiger partial charge is 0.258 e. The standard InChI is InChI=1S/C28H32ClN7O/c1-35-18-20(23-14-22(29)6-7-26(23)35)8-11-31-15-19-9-12-36(13-10-19)28-32-16-21(17-33-28)27(37)34-25-5-3-2-4-24(25)30/h2-7,14,16-19,31H,8-13,15,30H2,1H3,(H,34,37). The Labute approximate surface area is 221 Å². The quantitative estimate of drug-likeness (QED) is 0.235. The van der Waals surface area contributed by atoms with E-state index in [2.05, 4.69) is 55.4 Å². The van der Waals surface area contributed by atoms with E-state index in [1.807, 2.05) is 18.2 Å². The van der Waals surface area contributed by atoms with Gasteiger partial charge in [-0.25, -0.2) is 9.97 Å². The lowest BCUT2D eigenvalue weighted by Gasteiger charge is -2.32. The number of nitrogens with one attached hydrogen (secondary N) is 2. The van der Waals surface area contributed by atoms with Crippen LogP contribution in [0, 0.1) is 5.92 Å². The summed E-state index contributed by atoms with van der Waals surface area (Å²) in [6, 6.07) is 13.2. The topological polar surface area (TPSA) is 101 Å². The molecular formula is C28H32ClN7O. The molecule has 0 spiro atoms. The summed E-state index contributed by atoms with van der Waals surface area (Å²) in [6.07, 6.45) is 8.48. The Balaban J connectivity index is 1.07. The number of carbonyl (C=O) groups excluding carboxylic acids is 1. The van der Waals surface area contributed by atoms with Crippen molar-refractivity contribution in [3.63, 3.8) is 0 Å². The summed E-state index contributed by atoms with van der Waals surface area (Å²) in [5, 5.41) is 8.46. The van der Waals surface area contributed by atoms with Gasteiger partial charge in [-0.2, -0.15) is 0 Å². The summed E-state index contributed by atoms with van der Waals surface area (Å²) in [4.78, 5) is 23.6. The molecule has 3 heterocycles. The van der Waals surface area contributed by atoms with Gasteiger partial charge in [0.1, 0.15) is 0 Å². The summed E-state index contributed by atoms with van der Waals surface area (Å²) in [5.41, 5.74) is 9.94. The molecule has 0 bridgehead atoms. The van der Waals surface area contributed by atoms with Crippen LogP contribution >= 0.6 is 11.6 Å². The number of rotatable bonds is 8. The fraction of sp³-hybridized carbons (Fsp3) is 0.321. The molecule has 2 aromatic heterocycles. The Hall–Kier alpha value is -3.62. The maximum atomic E-state index is 12.5. The summed E-state index contributed by atoms with van der Waals surface area (Å²) < 4.78 is 2.16. The van der Waals surface area contributed by atoms with Gasteiger partial charge in [0.2, 0.25) is 5.95 Å². The van der Waals surface area contributed by atoms with Crippen molar-refractivity contribution in [2.75, 3.05) is 42.1 Å². The monoisotopic (exact) mass is 517 g/mol. The van der Waals surface area contributed by atoms with Crippen LogP contribution in [0.4, 0.5) is 17.3 Å². The highest BCUT2D eigenvalue weighted by molar-refractivity contribution is 6.31. The number of piperidine rings is 1. The minimum Gasteiger partial charge on any atom is -0.397 e. The fourth-order valence-electron chi connectivity index (χ4n) is 4.92. The molecule has 1 amide bonds. The highest BCUT2D eigenvalue weighted by atomic mass is 35.5. The van der Waals surface area contributed by atoms with Crippen molar-refractivity contribution in [2.45, 2.75) is 19.3 Å². The number of fused-ring (bicyclic) bond motifs is 1. The van der Waals surface area contributed by atoms with Crippen LogP contribution in [-0.4, -0.2) is 46.6 Å². The third kappa shape index (κ3) is 5.87. The van der Waals surface area contributed by atoms with E-state index in [9.17, 15) is 4.79 Å². The molecule has 0 aliphatic carbocycles. The van der Waals surface area contributed by atoms with Gasteiger partial charge in [0.05, 0.1) is 16.9 Å². The zero-order valence-corrected chi connectivity index (χ0v) is 21.7. The van der Waals surface area contributed by atoms with Crippen molar-refractivity contribution >= 4 is 45.7 Å². The van der Waals surface area contributed by atoms with E-state index in [0.29, 0.717) is 28.8 Å². The Morgan fingerprint density at radius 2 is 1.89 bits per heavy atom. The minimum atomic E-state index is -0.277. The van der Waals surface area contributed by atoms with E-state index in [4.69, 9.17) is 17.3 Å². The van der Waals surface area contributed by atoms with E-state index >= 15 is 0 Å². The number of para-hydroxylation sites is 2. The Morgan fingerprint density at radius 3 is 2.65 bits per heavy atom. The molecule has 0 atom stereocenters. The number of aromatic nitrogens is 3. The van der Waals surface area contributed by atoms with Gasteiger partial charge >= 0.3 is 0 Å². The van der Waals surface area contributed by atoms with Crippen LogP contribution in [0.5, 0.6) is 0 Å². The number of anilines is 3. The van der Waals surface area contributed by atoms with E-state index in [0.717, 1.165) is 50.5 Å². The first-order chi connectivity index (χ1) is 18.0. The Bertz CT molecular complexity index is 1380. The number of carbonyl (C=O) groups is 1. The van der Waals surface area contributed by atoms with Crippen LogP contribution in [0.2, 0.25) is 5.02 Å². The number of nitrogen functional groups attached to an aromatic ring is 1. The second kappa shape index (κ2) is 11.2. The number of nitrogens with two attached hydrogens (primary N) is 1. The number of halogens is 1. The van der Waals surface area contributed by atoms with Gasteiger partial charge in [-0.15, -0.1) is 0 Å². The number of aryl methyl sites for hydroxylation is 1. The molecule has 1 aliphatic rings. The molecule has 192 valence electrons. The predicted octanol–water partition coefficient (Wildman–Crippen LogP) is 4.50. The maximum absolute atomic E-state index is 12.5. The molecule has 37 heavy (non-hydrogen) atoms. The van der Waals surface area contributed by atoms with E-state index in [1.54, 1.807) is 24.5 Å². The van der Waals surface area contributed by atoms with Crippen LogP contribution < -0.4 is 21.3 Å². The van der Waals surface area contributed by atoms with Crippen molar-refractivity contribution < 1.29 is 4.79 Å². The number of hydrogen-bond donors (Lipinski definition) is 3. The predicted molar refractivity (Wildman–Crippen MR) is 150 cm³/mol.